The number of carbonyl (C=O) groups is 4. The van der Waals surface area contributed by atoms with Gasteiger partial charge in [-0.15, -0.1) is 0 Å². The molecule has 0 radical (unpaired) electrons. The van der Waals surface area contributed by atoms with Crippen LogP contribution in [0.3, 0.4) is 0 Å². The number of rotatable bonds is 25. The smallest absolute Gasteiger partial charge is 0.364 e. The first-order valence-corrected chi connectivity index (χ1v) is 21.2. The number of aliphatic hydroxyl groups excluding tert-OH is 9. The van der Waals surface area contributed by atoms with Gasteiger partial charge in [0.05, 0.1) is 32.0 Å². The Bertz CT molecular complexity index is 1370. The average molecular weight is 884 g/mol. The summed E-state index contributed by atoms with van der Waals surface area (Å²) in [7, 11) is 0. The van der Waals surface area contributed by atoms with Gasteiger partial charge in [-0.25, -0.2) is 4.79 Å². The number of amides is 3. The van der Waals surface area contributed by atoms with Crippen LogP contribution in [-0.4, -0.2) is 192 Å². The van der Waals surface area contributed by atoms with E-state index in [9.17, 15) is 70.2 Å². The number of hydrogen-bond acceptors (Lipinski definition) is 18. The van der Waals surface area contributed by atoms with Crippen molar-refractivity contribution in [1.82, 2.24) is 16.0 Å². The second-order valence-electron chi connectivity index (χ2n) is 16.1. The van der Waals surface area contributed by atoms with Gasteiger partial charge in [-0.2, -0.15) is 0 Å². The standard InChI is InChI=1S/C39H69N3O19/c1-4-5-6-7-8-9-10-11-12-13-14-15-26(50)42-36-28(41-21(3)47)31(53)33(25(19-45)57-36)59-37-32(54)35(30(52)24(18-44)58-37)61-39(38(55)56)16-22(48)27(40-20(2)46)34(60-39)29(51)23(49)17-43/h22-25,27-37,43-45,48-49,51-54H,4-19H2,1-3H3,(H,40,46)(H,41,47)(H,42,50)(H,55,56)/t22-,23+,24+,25+,27+,28+,29+,30-,31+,32+,33+,34+,35-,36+,37-,39-/m0/s1. The molecule has 13 N–H and O–H groups in total. The van der Waals surface area contributed by atoms with Crippen LogP contribution in [0.25, 0.3) is 0 Å². The van der Waals surface area contributed by atoms with Crippen LogP contribution in [0, 0.1) is 0 Å². The van der Waals surface area contributed by atoms with Crippen molar-refractivity contribution in [3.8, 4) is 0 Å². The van der Waals surface area contributed by atoms with E-state index in [0.29, 0.717) is 6.42 Å². The number of hydrogen-bond donors (Lipinski definition) is 13. The van der Waals surface area contributed by atoms with Crippen molar-refractivity contribution in [2.24, 2.45) is 0 Å². The van der Waals surface area contributed by atoms with Gasteiger partial charge in [0.15, 0.2) is 12.5 Å². The number of ether oxygens (including phenoxy) is 5. The molecule has 22 heteroatoms. The highest BCUT2D eigenvalue weighted by Crippen LogP contribution is 2.38. The Morgan fingerprint density at radius 2 is 1.28 bits per heavy atom. The highest BCUT2D eigenvalue weighted by molar-refractivity contribution is 5.77. The van der Waals surface area contributed by atoms with E-state index in [1.165, 1.54) is 38.5 Å². The maximum atomic E-state index is 13.0. The summed E-state index contributed by atoms with van der Waals surface area (Å²) >= 11 is 0. The first kappa shape index (κ1) is 52.7. The molecule has 3 rings (SSSR count). The van der Waals surface area contributed by atoms with Gasteiger partial charge in [0.1, 0.15) is 67.1 Å². The Labute approximate surface area is 354 Å². The van der Waals surface area contributed by atoms with Gasteiger partial charge in [-0.3, -0.25) is 14.4 Å². The minimum atomic E-state index is -3.06. The first-order valence-electron chi connectivity index (χ1n) is 21.2. The molecule has 3 aliphatic heterocycles. The van der Waals surface area contributed by atoms with Crippen LogP contribution in [0.5, 0.6) is 0 Å². The van der Waals surface area contributed by atoms with Gasteiger partial charge in [0.25, 0.3) is 5.79 Å². The van der Waals surface area contributed by atoms with Crippen LogP contribution >= 0.6 is 0 Å². The molecule has 0 aromatic carbocycles. The van der Waals surface area contributed by atoms with Gasteiger partial charge in [-0.1, -0.05) is 71.1 Å². The van der Waals surface area contributed by atoms with Crippen molar-refractivity contribution in [2.45, 2.75) is 202 Å². The lowest BCUT2D eigenvalue weighted by atomic mass is 9.88. The van der Waals surface area contributed by atoms with E-state index in [1.54, 1.807) is 0 Å². The fraction of sp³-hybridized carbons (Fsp3) is 0.897. The number of unbranched alkanes of at least 4 members (excludes halogenated alkanes) is 10. The lowest BCUT2D eigenvalue weighted by Crippen LogP contribution is -2.71. The summed E-state index contributed by atoms with van der Waals surface area (Å²) < 4.78 is 28.7. The normalized spacial score (nSPS) is 35.2. The number of carboxylic acid groups (broad SMARTS) is 1. The molecule has 3 heterocycles. The van der Waals surface area contributed by atoms with Crippen LogP contribution in [0.4, 0.5) is 0 Å². The molecule has 0 aromatic rings. The molecule has 0 spiro atoms. The summed E-state index contributed by atoms with van der Waals surface area (Å²) in [6.45, 7) is 1.48. The highest BCUT2D eigenvalue weighted by Gasteiger charge is 2.60. The maximum Gasteiger partial charge on any atom is 0.364 e. The third kappa shape index (κ3) is 14.7. The van der Waals surface area contributed by atoms with E-state index in [1.807, 2.05) is 0 Å². The molecule has 3 aliphatic rings. The monoisotopic (exact) mass is 883 g/mol. The first-order chi connectivity index (χ1) is 28.9. The van der Waals surface area contributed by atoms with Gasteiger partial charge >= 0.3 is 5.97 Å². The van der Waals surface area contributed by atoms with E-state index in [4.69, 9.17) is 23.7 Å². The molecular weight excluding hydrogens is 814 g/mol. The number of carbonyl (C=O) groups excluding carboxylic acids is 3. The summed E-state index contributed by atoms with van der Waals surface area (Å²) in [5.74, 6) is -6.87. The summed E-state index contributed by atoms with van der Waals surface area (Å²) in [6, 6.07) is -2.95. The Kier molecular flexibility index (Phi) is 22.1. The summed E-state index contributed by atoms with van der Waals surface area (Å²) in [5, 5.41) is 114. The molecule has 3 fully saturated rings. The van der Waals surface area contributed by atoms with Crippen molar-refractivity contribution in [3.05, 3.63) is 0 Å². The summed E-state index contributed by atoms with van der Waals surface area (Å²) in [5.41, 5.74) is 0. The minimum Gasteiger partial charge on any atom is -0.477 e. The summed E-state index contributed by atoms with van der Waals surface area (Å²) in [6.07, 6.45) is -13.4. The fourth-order valence-electron chi connectivity index (χ4n) is 7.90. The SMILES string of the molecule is CCCCCCCCCCCCCC(=O)N[C@@H]1O[C@H](CO)[C@@H](O[C@@H]2O[C@H](CO)[C@H](O)[C@H](O[C@]3(C(=O)O)C[C@H](O)[C@@H](NC(C)=O)[C@H]([C@H](O)[C@H](O)CO)O3)[C@H]2O)[C@H](O)[C@H]1NC(C)=O. The van der Waals surface area contributed by atoms with Gasteiger partial charge < -0.3 is 90.7 Å². The topological polar surface area (TPSA) is 353 Å². The quantitative estimate of drug-likeness (QED) is 0.0400. The largest absolute Gasteiger partial charge is 0.477 e. The van der Waals surface area contributed by atoms with Crippen molar-refractivity contribution in [1.29, 1.82) is 0 Å². The molecular formula is C39H69N3O19. The van der Waals surface area contributed by atoms with Crippen LogP contribution in [-0.2, 0) is 42.9 Å². The maximum absolute atomic E-state index is 13.0. The molecule has 0 aromatic heterocycles. The Morgan fingerprint density at radius 3 is 1.80 bits per heavy atom. The Balaban J connectivity index is 1.76. The van der Waals surface area contributed by atoms with E-state index in [2.05, 4.69) is 22.9 Å². The third-order valence-corrected chi connectivity index (χ3v) is 11.2. The zero-order valence-corrected chi connectivity index (χ0v) is 35.1. The van der Waals surface area contributed by atoms with Crippen molar-refractivity contribution in [3.63, 3.8) is 0 Å². The second-order valence-corrected chi connectivity index (χ2v) is 16.1. The van der Waals surface area contributed by atoms with Gasteiger partial charge in [0, 0.05) is 26.7 Å². The Morgan fingerprint density at radius 1 is 0.721 bits per heavy atom. The number of aliphatic hydroxyl groups is 9. The van der Waals surface area contributed by atoms with Crippen LogP contribution in [0.1, 0.15) is 104 Å². The molecule has 0 unspecified atom stereocenters. The third-order valence-electron chi connectivity index (χ3n) is 11.2. The molecule has 3 amide bonds. The fourth-order valence-corrected chi connectivity index (χ4v) is 7.90. The van der Waals surface area contributed by atoms with Crippen molar-refractivity contribution in [2.75, 3.05) is 19.8 Å². The zero-order valence-electron chi connectivity index (χ0n) is 35.1. The molecule has 0 bridgehead atoms. The van der Waals surface area contributed by atoms with Gasteiger partial charge in [0.2, 0.25) is 17.7 Å². The molecule has 3 saturated heterocycles. The molecule has 61 heavy (non-hydrogen) atoms. The summed E-state index contributed by atoms with van der Waals surface area (Å²) in [4.78, 5) is 50.0. The van der Waals surface area contributed by atoms with E-state index >= 15 is 0 Å². The lowest BCUT2D eigenvalue weighted by molar-refractivity contribution is -0.379. The molecule has 16 atom stereocenters. The zero-order chi connectivity index (χ0) is 45.4. The van der Waals surface area contributed by atoms with Crippen LogP contribution < -0.4 is 16.0 Å². The second kappa shape index (κ2) is 25.6. The predicted molar refractivity (Wildman–Crippen MR) is 209 cm³/mol. The average Bonchev–Trinajstić information content (AvgIpc) is 3.21. The molecule has 0 saturated carbocycles. The number of aliphatic carboxylic acids is 1. The predicted octanol–water partition coefficient (Wildman–Crippen LogP) is -3.25. The minimum absolute atomic E-state index is 0.117. The highest BCUT2D eigenvalue weighted by atomic mass is 16.8. The molecule has 0 aliphatic carbocycles. The Hall–Kier alpha value is -2.68. The lowest BCUT2D eigenvalue weighted by Gasteiger charge is -2.51. The molecule has 22 nitrogen and oxygen atoms in total. The van der Waals surface area contributed by atoms with Crippen molar-refractivity contribution < 1.29 is 93.9 Å². The van der Waals surface area contributed by atoms with E-state index in [-0.39, 0.29) is 6.42 Å². The molecule has 354 valence electrons. The van der Waals surface area contributed by atoms with Crippen molar-refractivity contribution >= 4 is 23.7 Å². The van der Waals surface area contributed by atoms with Gasteiger partial charge in [-0.05, 0) is 6.42 Å². The van der Waals surface area contributed by atoms with Crippen LogP contribution in [0.15, 0.2) is 0 Å². The van der Waals surface area contributed by atoms with Crippen LogP contribution in [0.2, 0.25) is 0 Å². The van der Waals surface area contributed by atoms with E-state index in [0.717, 1.165) is 39.5 Å². The number of nitrogens with one attached hydrogen (secondary N) is 3. The number of carboxylic acids is 1. The van der Waals surface area contributed by atoms with E-state index < -0.39 is 147 Å².